The molecule has 2 heterocycles. The number of aryl methyl sites for hydroxylation is 1. The Labute approximate surface area is 79.0 Å². The molecule has 6 heteroatoms. The maximum absolute atomic E-state index is 9.48. The predicted molar refractivity (Wildman–Crippen MR) is 45.4 cm³/mol. The zero-order chi connectivity index (χ0) is 9.42. The van der Waals surface area contributed by atoms with Crippen molar-refractivity contribution in [1.82, 2.24) is 10.2 Å². The van der Waals surface area contributed by atoms with Gasteiger partial charge in [-0.3, -0.25) is 0 Å². The van der Waals surface area contributed by atoms with Crippen LogP contribution >= 0.6 is 11.3 Å². The minimum absolute atomic E-state index is 0.157. The van der Waals surface area contributed by atoms with Crippen molar-refractivity contribution < 1.29 is 14.9 Å². The Morgan fingerprint density at radius 2 is 2.23 bits per heavy atom. The van der Waals surface area contributed by atoms with Crippen molar-refractivity contribution in [2.75, 3.05) is 6.61 Å². The van der Waals surface area contributed by atoms with Crippen LogP contribution in [0.15, 0.2) is 0 Å². The fourth-order valence-electron chi connectivity index (χ4n) is 1.25. The molecule has 0 spiro atoms. The quantitative estimate of drug-likeness (QED) is 0.650. The first-order chi connectivity index (χ1) is 6.18. The van der Waals surface area contributed by atoms with Crippen molar-refractivity contribution in [3.63, 3.8) is 0 Å². The minimum atomic E-state index is -0.882. The van der Waals surface area contributed by atoms with Gasteiger partial charge in [0.05, 0.1) is 6.61 Å². The molecule has 72 valence electrons. The van der Waals surface area contributed by atoms with Gasteiger partial charge in [0.25, 0.3) is 0 Å². The number of aliphatic hydroxyl groups is 2. The van der Waals surface area contributed by atoms with Crippen LogP contribution in [-0.2, 0) is 4.74 Å². The van der Waals surface area contributed by atoms with Gasteiger partial charge in [0.1, 0.15) is 28.3 Å². The second-order valence-corrected chi connectivity index (χ2v) is 4.18. The number of ether oxygens (including phenoxy) is 1. The third-order valence-corrected chi connectivity index (χ3v) is 2.84. The standard InChI is InChI=1S/C7H10N2O3S/c1-3-8-9-7(13-3)6-5(11)4(10)2-12-6/h4-6,10-11H,2H2,1H3. The van der Waals surface area contributed by atoms with E-state index in [1.807, 2.05) is 6.92 Å². The highest BCUT2D eigenvalue weighted by atomic mass is 32.1. The van der Waals surface area contributed by atoms with E-state index in [0.29, 0.717) is 5.01 Å². The fourth-order valence-corrected chi connectivity index (χ4v) is 2.03. The normalized spacial score (nSPS) is 33.9. The van der Waals surface area contributed by atoms with Gasteiger partial charge in [-0.1, -0.05) is 11.3 Å². The summed E-state index contributed by atoms with van der Waals surface area (Å²) in [5.41, 5.74) is 0. The van der Waals surface area contributed by atoms with Gasteiger partial charge in [-0.25, -0.2) is 0 Å². The summed E-state index contributed by atoms with van der Waals surface area (Å²) >= 11 is 1.37. The average molecular weight is 202 g/mol. The number of hydrogen-bond acceptors (Lipinski definition) is 6. The number of hydrogen-bond donors (Lipinski definition) is 2. The average Bonchev–Trinajstić information content (AvgIpc) is 2.62. The second kappa shape index (κ2) is 3.30. The molecule has 3 atom stereocenters. The molecule has 3 unspecified atom stereocenters. The summed E-state index contributed by atoms with van der Waals surface area (Å²) < 4.78 is 5.18. The van der Waals surface area contributed by atoms with Crippen LogP contribution in [0.5, 0.6) is 0 Å². The predicted octanol–water partition coefficient (Wildman–Crippen LogP) is -0.360. The van der Waals surface area contributed by atoms with Gasteiger partial charge in [0.2, 0.25) is 0 Å². The van der Waals surface area contributed by atoms with E-state index < -0.39 is 18.3 Å². The van der Waals surface area contributed by atoms with Crippen LogP contribution in [0, 0.1) is 6.92 Å². The first-order valence-electron chi connectivity index (χ1n) is 3.96. The van der Waals surface area contributed by atoms with Crippen molar-refractivity contribution in [3.05, 3.63) is 10.0 Å². The summed E-state index contributed by atoms with van der Waals surface area (Å²) in [5.74, 6) is 0. The SMILES string of the molecule is Cc1nnc(C2OCC(O)C2O)s1. The zero-order valence-electron chi connectivity index (χ0n) is 7.04. The second-order valence-electron chi connectivity index (χ2n) is 2.97. The van der Waals surface area contributed by atoms with Crippen LogP contribution in [0.25, 0.3) is 0 Å². The first-order valence-corrected chi connectivity index (χ1v) is 4.78. The van der Waals surface area contributed by atoms with E-state index in [2.05, 4.69) is 10.2 Å². The molecule has 2 N–H and O–H groups in total. The van der Waals surface area contributed by atoms with Crippen LogP contribution in [0.3, 0.4) is 0 Å². The first kappa shape index (κ1) is 9.01. The molecule has 0 saturated carbocycles. The van der Waals surface area contributed by atoms with E-state index in [1.165, 1.54) is 11.3 Å². The molecule has 1 aliphatic rings. The van der Waals surface area contributed by atoms with Gasteiger partial charge in [-0.2, -0.15) is 0 Å². The molecule has 0 aromatic carbocycles. The van der Waals surface area contributed by atoms with Crippen LogP contribution < -0.4 is 0 Å². The highest BCUT2D eigenvalue weighted by Gasteiger charge is 2.37. The third-order valence-electron chi connectivity index (χ3n) is 1.94. The lowest BCUT2D eigenvalue weighted by molar-refractivity contribution is 0.0221. The molecule has 0 amide bonds. The summed E-state index contributed by atoms with van der Waals surface area (Å²) in [7, 11) is 0. The number of nitrogens with zero attached hydrogens (tertiary/aromatic N) is 2. The highest BCUT2D eigenvalue weighted by molar-refractivity contribution is 7.11. The Kier molecular flexibility index (Phi) is 2.29. The summed E-state index contributed by atoms with van der Waals surface area (Å²) in [6.45, 7) is 1.99. The van der Waals surface area contributed by atoms with Gasteiger partial charge in [-0.15, -0.1) is 10.2 Å². The molecule has 1 aliphatic heterocycles. The largest absolute Gasteiger partial charge is 0.388 e. The van der Waals surface area contributed by atoms with Gasteiger partial charge >= 0.3 is 0 Å². The smallest absolute Gasteiger partial charge is 0.149 e. The Morgan fingerprint density at radius 3 is 2.69 bits per heavy atom. The maximum atomic E-state index is 9.48. The number of aromatic nitrogens is 2. The summed E-state index contributed by atoms with van der Waals surface area (Å²) in [5, 5.41) is 27.8. The Balaban J connectivity index is 2.18. The van der Waals surface area contributed by atoms with Crippen LogP contribution in [0.2, 0.25) is 0 Å². The lowest BCUT2D eigenvalue weighted by Crippen LogP contribution is -2.25. The molecule has 0 aliphatic carbocycles. The van der Waals surface area contributed by atoms with E-state index >= 15 is 0 Å². The fraction of sp³-hybridized carbons (Fsp3) is 0.714. The van der Waals surface area contributed by atoms with Crippen LogP contribution in [0.4, 0.5) is 0 Å². The Morgan fingerprint density at radius 1 is 1.46 bits per heavy atom. The molecule has 1 aromatic heterocycles. The number of aliphatic hydroxyl groups excluding tert-OH is 2. The lowest BCUT2D eigenvalue weighted by Gasteiger charge is -2.10. The van der Waals surface area contributed by atoms with E-state index in [9.17, 15) is 10.2 Å². The van der Waals surface area contributed by atoms with Crippen molar-refractivity contribution in [3.8, 4) is 0 Å². The van der Waals surface area contributed by atoms with Crippen LogP contribution in [0.1, 0.15) is 16.1 Å². The van der Waals surface area contributed by atoms with E-state index in [4.69, 9.17) is 4.74 Å². The molecule has 13 heavy (non-hydrogen) atoms. The Bertz CT molecular complexity index is 304. The summed E-state index contributed by atoms with van der Waals surface area (Å²) in [4.78, 5) is 0. The zero-order valence-corrected chi connectivity index (χ0v) is 7.86. The minimum Gasteiger partial charge on any atom is -0.388 e. The van der Waals surface area contributed by atoms with Crippen molar-refractivity contribution in [1.29, 1.82) is 0 Å². The Hall–Kier alpha value is -0.560. The topological polar surface area (TPSA) is 75.5 Å². The van der Waals surface area contributed by atoms with Gasteiger partial charge in [0.15, 0.2) is 0 Å². The van der Waals surface area contributed by atoms with E-state index in [0.717, 1.165) is 5.01 Å². The third kappa shape index (κ3) is 1.58. The highest BCUT2D eigenvalue weighted by Crippen LogP contribution is 2.30. The molecular formula is C7H10N2O3S. The van der Waals surface area contributed by atoms with Gasteiger partial charge in [0, 0.05) is 0 Å². The number of rotatable bonds is 1. The molecule has 1 aromatic rings. The summed E-state index contributed by atoms with van der Waals surface area (Å²) in [6.07, 6.45) is -2.21. The van der Waals surface area contributed by atoms with Crippen molar-refractivity contribution in [2.24, 2.45) is 0 Å². The summed E-state index contributed by atoms with van der Waals surface area (Å²) in [6, 6.07) is 0. The van der Waals surface area contributed by atoms with E-state index in [1.54, 1.807) is 0 Å². The van der Waals surface area contributed by atoms with Gasteiger partial charge < -0.3 is 14.9 Å². The maximum Gasteiger partial charge on any atom is 0.149 e. The van der Waals surface area contributed by atoms with E-state index in [-0.39, 0.29) is 6.61 Å². The van der Waals surface area contributed by atoms with Crippen molar-refractivity contribution in [2.45, 2.75) is 25.2 Å². The molecule has 5 nitrogen and oxygen atoms in total. The van der Waals surface area contributed by atoms with Gasteiger partial charge in [-0.05, 0) is 6.92 Å². The molecule has 0 radical (unpaired) electrons. The molecule has 0 bridgehead atoms. The van der Waals surface area contributed by atoms with Crippen molar-refractivity contribution >= 4 is 11.3 Å². The lowest BCUT2D eigenvalue weighted by atomic mass is 10.2. The monoisotopic (exact) mass is 202 g/mol. The van der Waals surface area contributed by atoms with Crippen LogP contribution in [-0.4, -0.2) is 39.2 Å². The molecule has 1 saturated heterocycles. The molecular weight excluding hydrogens is 192 g/mol. The molecule has 2 rings (SSSR count). The molecule has 1 fully saturated rings.